The number of hydrogen-bond donors (Lipinski definition) is 0. The molecule has 0 radical (unpaired) electrons. The van der Waals surface area contributed by atoms with Gasteiger partial charge in [-0.2, -0.15) is 0 Å². The van der Waals surface area contributed by atoms with Crippen LogP contribution in [-0.4, -0.2) is 9.97 Å². The molecule has 0 aliphatic carbocycles. The van der Waals surface area contributed by atoms with Gasteiger partial charge >= 0.3 is 0 Å². The van der Waals surface area contributed by atoms with Crippen LogP contribution in [0.1, 0.15) is 22.3 Å². The lowest BCUT2D eigenvalue weighted by molar-refractivity contribution is 1.22. The molecule has 0 aliphatic heterocycles. The van der Waals surface area contributed by atoms with Crippen molar-refractivity contribution in [1.82, 2.24) is 9.97 Å². The molecule has 0 amide bonds. The SMILES string of the molecule is Cc1cc(C)cc(-c2ncnc3c2ccc2cc(C)cc(C)c23)c1. The van der Waals surface area contributed by atoms with Crippen LogP contribution in [0.3, 0.4) is 0 Å². The van der Waals surface area contributed by atoms with Gasteiger partial charge in [-0.1, -0.05) is 41.0 Å². The number of hydrogen-bond acceptors (Lipinski definition) is 2. The lowest BCUT2D eigenvalue weighted by Gasteiger charge is -2.11. The lowest BCUT2D eigenvalue weighted by atomic mass is 9.96. The molecule has 0 aliphatic rings. The van der Waals surface area contributed by atoms with Gasteiger partial charge in [-0.15, -0.1) is 0 Å². The van der Waals surface area contributed by atoms with Gasteiger partial charge in [-0.05, 0) is 56.8 Å². The van der Waals surface area contributed by atoms with E-state index in [0.29, 0.717) is 0 Å². The molecular weight excluding hydrogens is 292 g/mol. The highest BCUT2D eigenvalue weighted by molar-refractivity contribution is 6.10. The van der Waals surface area contributed by atoms with Crippen LogP contribution in [-0.2, 0) is 0 Å². The van der Waals surface area contributed by atoms with Crippen LogP contribution < -0.4 is 0 Å². The molecule has 0 fully saturated rings. The molecule has 24 heavy (non-hydrogen) atoms. The van der Waals surface area contributed by atoms with Crippen LogP contribution in [0.15, 0.2) is 48.8 Å². The van der Waals surface area contributed by atoms with Crippen molar-refractivity contribution in [3.8, 4) is 11.3 Å². The van der Waals surface area contributed by atoms with E-state index >= 15 is 0 Å². The number of rotatable bonds is 1. The molecule has 0 bridgehead atoms. The maximum atomic E-state index is 4.62. The van der Waals surface area contributed by atoms with Crippen molar-refractivity contribution < 1.29 is 0 Å². The van der Waals surface area contributed by atoms with E-state index in [1.165, 1.54) is 33.0 Å². The average molecular weight is 312 g/mol. The number of fused-ring (bicyclic) bond motifs is 3. The van der Waals surface area contributed by atoms with Gasteiger partial charge in [0.25, 0.3) is 0 Å². The van der Waals surface area contributed by atoms with E-state index in [9.17, 15) is 0 Å². The molecule has 3 aromatic carbocycles. The van der Waals surface area contributed by atoms with Gasteiger partial charge in [-0.25, -0.2) is 9.97 Å². The molecule has 0 spiro atoms. The van der Waals surface area contributed by atoms with Gasteiger partial charge in [0, 0.05) is 16.3 Å². The summed E-state index contributed by atoms with van der Waals surface area (Å²) in [6.45, 7) is 8.55. The molecule has 0 atom stereocenters. The second-order valence-corrected chi connectivity index (χ2v) is 6.74. The molecule has 1 aromatic heterocycles. The van der Waals surface area contributed by atoms with E-state index in [4.69, 9.17) is 0 Å². The van der Waals surface area contributed by atoms with Gasteiger partial charge in [0.15, 0.2) is 0 Å². The Morgan fingerprint density at radius 2 is 1.42 bits per heavy atom. The summed E-state index contributed by atoms with van der Waals surface area (Å²) in [6, 6.07) is 15.4. The Hall–Kier alpha value is -2.74. The first-order chi connectivity index (χ1) is 11.5. The fourth-order valence-electron chi connectivity index (χ4n) is 3.72. The smallest absolute Gasteiger partial charge is 0.116 e. The number of benzene rings is 3. The van der Waals surface area contributed by atoms with Crippen molar-refractivity contribution in [3.63, 3.8) is 0 Å². The standard InChI is InChI=1S/C22H20N2/c1-13-7-14(2)11-18(10-13)21-19-6-5-17-9-15(3)8-16(4)20(17)22(19)24-12-23-21/h5-12H,1-4H3. The second-order valence-electron chi connectivity index (χ2n) is 6.74. The molecule has 4 aromatic rings. The maximum absolute atomic E-state index is 4.62. The minimum Gasteiger partial charge on any atom is -0.236 e. The normalized spacial score (nSPS) is 11.3. The first-order valence-corrected chi connectivity index (χ1v) is 8.26. The van der Waals surface area contributed by atoms with Crippen LogP contribution >= 0.6 is 0 Å². The minimum absolute atomic E-state index is 1.01. The van der Waals surface area contributed by atoms with Crippen molar-refractivity contribution >= 4 is 21.7 Å². The van der Waals surface area contributed by atoms with Crippen LogP contribution in [0.25, 0.3) is 32.9 Å². The molecular formula is C22H20N2. The van der Waals surface area contributed by atoms with E-state index in [0.717, 1.165) is 22.2 Å². The summed E-state index contributed by atoms with van der Waals surface area (Å²) in [5.41, 5.74) is 8.25. The molecule has 2 heteroatoms. The van der Waals surface area contributed by atoms with Gasteiger partial charge < -0.3 is 0 Å². The second kappa shape index (κ2) is 5.41. The molecule has 1 heterocycles. The van der Waals surface area contributed by atoms with Crippen molar-refractivity contribution in [3.05, 3.63) is 71.0 Å². The van der Waals surface area contributed by atoms with Gasteiger partial charge in [0.2, 0.25) is 0 Å². The van der Waals surface area contributed by atoms with Crippen molar-refractivity contribution in [2.75, 3.05) is 0 Å². The van der Waals surface area contributed by atoms with Crippen molar-refractivity contribution in [2.24, 2.45) is 0 Å². The molecule has 0 saturated heterocycles. The van der Waals surface area contributed by atoms with Gasteiger partial charge in [0.05, 0.1) is 11.2 Å². The van der Waals surface area contributed by atoms with Crippen LogP contribution in [0.2, 0.25) is 0 Å². The number of aryl methyl sites for hydroxylation is 4. The Kier molecular flexibility index (Phi) is 3.34. The molecule has 4 rings (SSSR count). The van der Waals surface area contributed by atoms with Crippen molar-refractivity contribution in [1.29, 1.82) is 0 Å². The zero-order valence-corrected chi connectivity index (χ0v) is 14.5. The van der Waals surface area contributed by atoms with Gasteiger partial charge in [0.1, 0.15) is 6.33 Å². The zero-order chi connectivity index (χ0) is 16.8. The highest BCUT2D eigenvalue weighted by atomic mass is 14.8. The zero-order valence-electron chi connectivity index (χ0n) is 14.5. The molecule has 0 saturated carbocycles. The van der Waals surface area contributed by atoms with Gasteiger partial charge in [-0.3, -0.25) is 0 Å². The minimum atomic E-state index is 1.01. The third kappa shape index (κ3) is 2.35. The van der Waals surface area contributed by atoms with E-state index in [1.54, 1.807) is 6.33 Å². The van der Waals surface area contributed by atoms with E-state index < -0.39 is 0 Å². The molecule has 2 nitrogen and oxygen atoms in total. The van der Waals surface area contributed by atoms with Crippen LogP contribution in [0.4, 0.5) is 0 Å². The number of nitrogens with zero attached hydrogens (tertiary/aromatic N) is 2. The summed E-state index contributed by atoms with van der Waals surface area (Å²) in [7, 11) is 0. The predicted octanol–water partition coefficient (Wildman–Crippen LogP) is 5.68. The largest absolute Gasteiger partial charge is 0.236 e. The summed E-state index contributed by atoms with van der Waals surface area (Å²) in [5, 5.41) is 3.58. The first kappa shape index (κ1) is 14.8. The fraction of sp³-hybridized carbons (Fsp3) is 0.182. The molecule has 0 unspecified atom stereocenters. The Bertz CT molecular complexity index is 1070. The van der Waals surface area contributed by atoms with Crippen LogP contribution in [0.5, 0.6) is 0 Å². The Balaban J connectivity index is 2.10. The monoisotopic (exact) mass is 312 g/mol. The quantitative estimate of drug-likeness (QED) is 0.422. The Labute approximate surface area is 142 Å². The Morgan fingerprint density at radius 3 is 2.17 bits per heavy atom. The predicted molar refractivity (Wildman–Crippen MR) is 101 cm³/mol. The van der Waals surface area contributed by atoms with Crippen LogP contribution in [0, 0.1) is 27.7 Å². The summed E-state index contributed by atoms with van der Waals surface area (Å²) >= 11 is 0. The number of aromatic nitrogens is 2. The third-order valence-corrected chi connectivity index (χ3v) is 4.56. The van der Waals surface area contributed by atoms with E-state index in [2.05, 4.69) is 80.1 Å². The maximum Gasteiger partial charge on any atom is 0.116 e. The third-order valence-electron chi connectivity index (χ3n) is 4.56. The van der Waals surface area contributed by atoms with E-state index in [-0.39, 0.29) is 0 Å². The summed E-state index contributed by atoms with van der Waals surface area (Å²) in [4.78, 5) is 9.22. The topological polar surface area (TPSA) is 25.8 Å². The molecule has 118 valence electrons. The fourth-order valence-corrected chi connectivity index (χ4v) is 3.72. The average Bonchev–Trinajstić information content (AvgIpc) is 2.52. The highest BCUT2D eigenvalue weighted by Gasteiger charge is 2.11. The lowest BCUT2D eigenvalue weighted by Crippen LogP contribution is -1.93. The first-order valence-electron chi connectivity index (χ1n) is 8.26. The summed E-state index contributed by atoms with van der Waals surface area (Å²) < 4.78 is 0. The van der Waals surface area contributed by atoms with E-state index in [1.807, 2.05) is 0 Å². The highest BCUT2D eigenvalue weighted by Crippen LogP contribution is 2.33. The molecule has 0 N–H and O–H groups in total. The summed E-state index contributed by atoms with van der Waals surface area (Å²) in [6.07, 6.45) is 1.69. The Morgan fingerprint density at radius 1 is 0.708 bits per heavy atom. The van der Waals surface area contributed by atoms with Crippen molar-refractivity contribution in [2.45, 2.75) is 27.7 Å². The summed E-state index contributed by atoms with van der Waals surface area (Å²) in [5.74, 6) is 0.